The molecule has 0 fully saturated rings. The summed E-state index contributed by atoms with van der Waals surface area (Å²) in [7, 11) is 1.77. The second-order valence-corrected chi connectivity index (χ2v) is 5.46. The number of halogens is 2. The number of aryl methyl sites for hydroxylation is 1. The molecule has 0 atom stereocenters. The van der Waals surface area contributed by atoms with E-state index in [1.807, 2.05) is 0 Å². The van der Waals surface area contributed by atoms with E-state index in [1.54, 1.807) is 35.9 Å². The summed E-state index contributed by atoms with van der Waals surface area (Å²) in [6.45, 7) is 0. The van der Waals surface area contributed by atoms with Crippen molar-refractivity contribution < 1.29 is 14.3 Å². The lowest BCUT2D eigenvalue weighted by molar-refractivity contribution is 0.0699. The molecule has 2 aromatic carbocycles. The number of imidazole rings is 1. The van der Waals surface area contributed by atoms with Crippen LogP contribution in [0.1, 0.15) is 10.4 Å². The van der Waals surface area contributed by atoms with Crippen molar-refractivity contribution in [3.05, 3.63) is 52.3 Å². The highest BCUT2D eigenvalue weighted by atomic mass is 79.9. The number of benzene rings is 2. The minimum Gasteiger partial charge on any atom is -0.478 e. The van der Waals surface area contributed by atoms with E-state index >= 15 is 0 Å². The molecule has 21 heavy (non-hydrogen) atoms. The molecule has 0 amide bonds. The van der Waals surface area contributed by atoms with Crippen LogP contribution in [0.2, 0.25) is 0 Å². The summed E-state index contributed by atoms with van der Waals surface area (Å²) in [6, 6.07) is 9.65. The highest BCUT2D eigenvalue weighted by molar-refractivity contribution is 9.10. The summed E-state index contributed by atoms with van der Waals surface area (Å²) < 4.78 is 15.8. The van der Waals surface area contributed by atoms with E-state index in [1.165, 1.54) is 12.1 Å². The molecule has 0 unspecified atom stereocenters. The molecule has 3 aromatic rings. The molecule has 1 N–H and O–H groups in total. The third kappa shape index (κ3) is 2.21. The number of rotatable bonds is 2. The van der Waals surface area contributed by atoms with Gasteiger partial charge in [0.1, 0.15) is 17.2 Å². The van der Waals surface area contributed by atoms with Crippen LogP contribution in [0, 0.1) is 5.82 Å². The Hall–Kier alpha value is -2.21. The maximum Gasteiger partial charge on any atom is 0.337 e. The maximum absolute atomic E-state index is 13.7. The standard InChI is InChI=1S/C15H10BrFN2O2/c1-19-12-4-2-3-9(15(20)21)13(12)18-14(19)8-5-6-10(16)11(17)7-8/h2-7H,1H3,(H,20,21). The lowest BCUT2D eigenvalue weighted by Crippen LogP contribution is -1.97. The van der Waals surface area contributed by atoms with Crippen molar-refractivity contribution in [3.8, 4) is 11.4 Å². The zero-order chi connectivity index (χ0) is 15.1. The fourth-order valence-corrected chi connectivity index (χ4v) is 2.53. The first-order valence-corrected chi connectivity index (χ1v) is 6.92. The van der Waals surface area contributed by atoms with E-state index in [9.17, 15) is 14.3 Å². The van der Waals surface area contributed by atoms with Crippen LogP contribution in [0.3, 0.4) is 0 Å². The van der Waals surface area contributed by atoms with Crippen molar-refractivity contribution in [1.29, 1.82) is 0 Å². The number of aromatic carboxylic acids is 1. The van der Waals surface area contributed by atoms with Gasteiger partial charge in [0.15, 0.2) is 0 Å². The Kier molecular flexibility index (Phi) is 3.25. The normalized spacial score (nSPS) is 11.0. The molecule has 3 rings (SSSR count). The van der Waals surface area contributed by atoms with Crippen LogP contribution in [-0.4, -0.2) is 20.6 Å². The molecular formula is C15H10BrFN2O2. The molecule has 0 spiro atoms. The van der Waals surface area contributed by atoms with Gasteiger partial charge in [-0.15, -0.1) is 0 Å². The Morgan fingerprint density at radius 2 is 2.10 bits per heavy atom. The van der Waals surface area contributed by atoms with Crippen molar-refractivity contribution in [3.63, 3.8) is 0 Å². The number of carbonyl (C=O) groups is 1. The van der Waals surface area contributed by atoms with Gasteiger partial charge in [-0.2, -0.15) is 0 Å². The molecule has 1 heterocycles. The Morgan fingerprint density at radius 1 is 1.33 bits per heavy atom. The van der Waals surface area contributed by atoms with Crippen molar-refractivity contribution in [2.75, 3.05) is 0 Å². The highest BCUT2D eigenvalue weighted by Crippen LogP contribution is 2.28. The van der Waals surface area contributed by atoms with Gasteiger partial charge in [-0.05, 0) is 46.3 Å². The zero-order valence-corrected chi connectivity index (χ0v) is 12.6. The second kappa shape index (κ2) is 4.96. The number of hydrogen-bond acceptors (Lipinski definition) is 2. The largest absolute Gasteiger partial charge is 0.478 e. The maximum atomic E-state index is 13.7. The summed E-state index contributed by atoms with van der Waals surface area (Å²) in [5.41, 5.74) is 1.80. The Bertz CT molecular complexity index is 873. The molecule has 0 aliphatic rings. The van der Waals surface area contributed by atoms with Gasteiger partial charge < -0.3 is 9.67 Å². The van der Waals surface area contributed by atoms with Gasteiger partial charge in [0.2, 0.25) is 0 Å². The van der Waals surface area contributed by atoms with Crippen molar-refractivity contribution in [1.82, 2.24) is 9.55 Å². The molecule has 0 aliphatic heterocycles. The second-order valence-electron chi connectivity index (χ2n) is 4.60. The van der Waals surface area contributed by atoms with E-state index in [2.05, 4.69) is 20.9 Å². The SMILES string of the molecule is Cn1c(-c2ccc(Br)c(F)c2)nc2c(C(=O)O)cccc21. The van der Waals surface area contributed by atoms with E-state index in [-0.39, 0.29) is 5.56 Å². The van der Waals surface area contributed by atoms with E-state index in [0.717, 1.165) is 0 Å². The van der Waals surface area contributed by atoms with E-state index in [0.29, 0.717) is 26.9 Å². The van der Waals surface area contributed by atoms with Gasteiger partial charge in [-0.1, -0.05) is 6.07 Å². The van der Waals surface area contributed by atoms with Gasteiger partial charge in [0, 0.05) is 12.6 Å². The molecule has 0 bridgehead atoms. The topological polar surface area (TPSA) is 55.1 Å². The molecule has 106 valence electrons. The van der Waals surface area contributed by atoms with Gasteiger partial charge >= 0.3 is 5.97 Å². The van der Waals surface area contributed by atoms with Gasteiger partial charge in [-0.25, -0.2) is 14.2 Å². The average molecular weight is 349 g/mol. The van der Waals surface area contributed by atoms with Crippen molar-refractivity contribution >= 4 is 32.9 Å². The molecule has 6 heteroatoms. The summed E-state index contributed by atoms with van der Waals surface area (Å²) >= 11 is 3.11. The monoisotopic (exact) mass is 348 g/mol. The Labute approximate surface area is 128 Å². The third-order valence-corrected chi connectivity index (χ3v) is 3.96. The van der Waals surface area contributed by atoms with Crippen LogP contribution in [0.25, 0.3) is 22.4 Å². The number of hydrogen-bond donors (Lipinski definition) is 1. The predicted molar refractivity (Wildman–Crippen MR) is 80.8 cm³/mol. The minimum atomic E-state index is -1.03. The van der Waals surface area contributed by atoms with Crippen LogP contribution in [0.15, 0.2) is 40.9 Å². The zero-order valence-electron chi connectivity index (χ0n) is 11.0. The van der Waals surface area contributed by atoms with Crippen molar-refractivity contribution in [2.24, 2.45) is 7.05 Å². The van der Waals surface area contributed by atoms with Crippen LogP contribution in [-0.2, 0) is 7.05 Å². The number of carboxylic acid groups (broad SMARTS) is 1. The Balaban J connectivity index is 2.29. The lowest BCUT2D eigenvalue weighted by atomic mass is 10.2. The average Bonchev–Trinajstić information content (AvgIpc) is 2.79. The number of aromatic nitrogens is 2. The summed E-state index contributed by atoms with van der Waals surface area (Å²) in [6.07, 6.45) is 0. The Morgan fingerprint density at radius 3 is 2.76 bits per heavy atom. The van der Waals surface area contributed by atoms with E-state index in [4.69, 9.17) is 0 Å². The molecule has 0 saturated heterocycles. The number of carboxylic acids is 1. The number of para-hydroxylation sites is 1. The fraction of sp³-hybridized carbons (Fsp3) is 0.0667. The number of fused-ring (bicyclic) bond motifs is 1. The molecule has 0 saturated carbocycles. The molecule has 0 radical (unpaired) electrons. The number of nitrogens with zero attached hydrogens (tertiary/aromatic N) is 2. The molecule has 4 nitrogen and oxygen atoms in total. The quantitative estimate of drug-likeness (QED) is 0.765. The van der Waals surface area contributed by atoms with Gasteiger partial charge in [0.05, 0.1) is 15.6 Å². The fourth-order valence-electron chi connectivity index (χ4n) is 2.28. The van der Waals surface area contributed by atoms with Crippen LogP contribution >= 0.6 is 15.9 Å². The van der Waals surface area contributed by atoms with E-state index < -0.39 is 11.8 Å². The predicted octanol–water partition coefficient (Wildman–Crippen LogP) is 3.84. The van der Waals surface area contributed by atoms with Crippen LogP contribution < -0.4 is 0 Å². The summed E-state index contributed by atoms with van der Waals surface area (Å²) in [5, 5.41) is 9.22. The lowest BCUT2D eigenvalue weighted by Gasteiger charge is -2.03. The van der Waals surface area contributed by atoms with Crippen LogP contribution in [0.4, 0.5) is 4.39 Å². The van der Waals surface area contributed by atoms with Crippen LogP contribution in [0.5, 0.6) is 0 Å². The summed E-state index contributed by atoms with van der Waals surface area (Å²) in [4.78, 5) is 15.6. The first-order chi connectivity index (χ1) is 9.99. The highest BCUT2D eigenvalue weighted by Gasteiger charge is 2.16. The first kappa shape index (κ1) is 13.8. The smallest absolute Gasteiger partial charge is 0.337 e. The third-order valence-electron chi connectivity index (χ3n) is 3.32. The molecule has 0 aliphatic carbocycles. The van der Waals surface area contributed by atoms with Gasteiger partial charge in [-0.3, -0.25) is 0 Å². The van der Waals surface area contributed by atoms with Crippen molar-refractivity contribution in [2.45, 2.75) is 0 Å². The molecule has 1 aromatic heterocycles. The summed E-state index contributed by atoms with van der Waals surface area (Å²) in [5.74, 6) is -0.907. The first-order valence-electron chi connectivity index (χ1n) is 6.13. The molecular weight excluding hydrogens is 339 g/mol. The van der Waals surface area contributed by atoms with Gasteiger partial charge in [0.25, 0.3) is 0 Å². The minimum absolute atomic E-state index is 0.131.